The number of anilines is 1. The molecular formula is C19H17BrN2O3S. The molecule has 2 N–H and O–H groups in total. The maximum atomic E-state index is 12.1. The number of carbonyl (C=O) groups is 1. The molecule has 1 amide bonds. The second-order valence-electron chi connectivity index (χ2n) is 5.82. The van der Waals surface area contributed by atoms with Crippen LogP contribution in [0.15, 0.2) is 71.2 Å². The topological polar surface area (TPSA) is 75.3 Å². The smallest absolute Gasteiger partial charge is 0.239 e. The van der Waals surface area contributed by atoms with Gasteiger partial charge >= 0.3 is 0 Å². The van der Waals surface area contributed by atoms with Crippen molar-refractivity contribution >= 4 is 48.3 Å². The van der Waals surface area contributed by atoms with Crippen molar-refractivity contribution in [2.75, 3.05) is 11.9 Å². The molecule has 134 valence electrons. The van der Waals surface area contributed by atoms with Crippen LogP contribution < -0.4 is 10.0 Å². The summed E-state index contributed by atoms with van der Waals surface area (Å²) in [4.78, 5) is 12.0. The predicted molar refractivity (Wildman–Crippen MR) is 107 cm³/mol. The van der Waals surface area contributed by atoms with Crippen molar-refractivity contribution in [3.63, 3.8) is 0 Å². The molecule has 5 nitrogen and oxygen atoms in total. The number of rotatable bonds is 6. The lowest BCUT2D eigenvalue weighted by Gasteiger charge is -2.09. The molecule has 26 heavy (non-hydrogen) atoms. The van der Waals surface area contributed by atoms with Crippen LogP contribution in [0.5, 0.6) is 0 Å². The zero-order valence-electron chi connectivity index (χ0n) is 13.8. The van der Waals surface area contributed by atoms with E-state index >= 15 is 0 Å². The Kier molecular flexibility index (Phi) is 5.70. The number of hydrogen-bond donors (Lipinski definition) is 2. The van der Waals surface area contributed by atoms with Gasteiger partial charge in [-0.2, -0.15) is 0 Å². The SMILES string of the molecule is O=C(CNS(=O)(=O)Cc1ccc(Br)cc1)Nc1ccc2ccccc2c1. The normalized spacial score (nSPS) is 11.4. The Labute approximate surface area is 160 Å². The Morgan fingerprint density at radius 3 is 2.35 bits per heavy atom. The maximum absolute atomic E-state index is 12.1. The van der Waals surface area contributed by atoms with Crippen LogP contribution >= 0.6 is 15.9 Å². The summed E-state index contributed by atoms with van der Waals surface area (Å²) in [5.74, 6) is -0.594. The van der Waals surface area contributed by atoms with E-state index in [1.54, 1.807) is 30.3 Å². The van der Waals surface area contributed by atoms with Crippen LogP contribution in [-0.4, -0.2) is 20.9 Å². The molecule has 0 spiro atoms. The highest BCUT2D eigenvalue weighted by Crippen LogP contribution is 2.18. The Morgan fingerprint density at radius 1 is 0.923 bits per heavy atom. The molecule has 0 radical (unpaired) electrons. The van der Waals surface area contributed by atoms with Crippen molar-refractivity contribution in [2.45, 2.75) is 5.75 Å². The number of carbonyl (C=O) groups excluding carboxylic acids is 1. The predicted octanol–water partition coefficient (Wildman–Crippen LogP) is 3.66. The van der Waals surface area contributed by atoms with Crippen molar-refractivity contribution in [3.05, 3.63) is 76.8 Å². The zero-order valence-corrected chi connectivity index (χ0v) is 16.2. The molecule has 0 saturated heterocycles. The van der Waals surface area contributed by atoms with Crippen LogP contribution in [0.1, 0.15) is 5.56 Å². The van der Waals surface area contributed by atoms with Crippen LogP contribution in [0, 0.1) is 0 Å². The summed E-state index contributed by atoms with van der Waals surface area (Å²) in [7, 11) is -3.60. The number of fused-ring (bicyclic) bond motifs is 1. The Hall–Kier alpha value is -2.22. The molecule has 0 aliphatic heterocycles. The molecule has 3 rings (SSSR count). The van der Waals surface area contributed by atoms with Crippen LogP contribution in [0.3, 0.4) is 0 Å². The maximum Gasteiger partial charge on any atom is 0.239 e. The van der Waals surface area contributed by atoms with Gasteiger partial charge in [0.2, 0.25) is 15.9 Å². The van der Waals surface area contributed by atoms with Gasteiger partial charge in [0, 0.05) is 10.2 Å². The van der Waals surface area contributed by atoms with Crippen LogP contribution in [0.2, 0.25) is 0 Å². The molecule has 0 unspecified atom stereocenters. The van der Waals surface area contributed by atoms with Crippen molar-refractivity contribution in [1.82, 2.24) is 4.72 Å². The molecule has 3 aromatic rings. The van der Waals surface area contributed by atoms with E-state index in [4.69, 9.17) is 0 Å². The average molecular weight is 433 g/mol. The second kappa shape index (κ2) is 7.99. The summed E-state index contributed by atoms with van der Waals surface area (Å²) in [5.41, 5.74) is 1.27. The first kappa shape index (κ1) is 18.6. The van der Waals surface area contributed by atoms with Gasteiger partial charge in [-0.25, -0.2) is 13.1 Å². The van der Waals surface area contributed by atoms with Crippen molar-refractivity contribution < 1.29 is 13.2 Å². The highest BCUT2D eigenvalue weighted by Gasteiger charge is 2.13. The number of halogens is 1. The summed E-state index contributed by atoms with van der Waals surface area (Å²) in [5, 5.41) is 4.78. The third kappa shape index (κ3) is 5.14. The fourth-order valence-electron chi connectivity index (χ4n) is 2.50. The van der Waals surface area contributed by atoms with Crippen molar-refractivity contribution in [1.29, 1.82) is 0 Å². The molecule has 0 aliphatic carbocycles. The Morgan fingerprint density at radius 2 is 1.62 bits per heavy atom. The molecule has 0 fully saturated rings. The number of hydrogen-bond acceptors (Lipinski definition) is 3. The van der Waals surface area contributed by atoms with E-state index in [1.807, 2.05) is 36.4 Å². The summed E-state index contributed by atoms with van der Waals surface area (Å²) in [6.07, 6.45) is 0. The number of amides is 1. The highest BCUT2D eigenvalue weighted by atomic mass is 79.9. The third-order valence-electron chi connectivity index (χ3n) is 3.76. The second-order valence-corrected chi connectivity index (χ2v) is 8.54. The number of benzene rings is 3. The van der Waals surface area contributed by atoms with Crippen LogP contribution in [0.4, 0.5) is 5.69 Å². The largest absolute Gasteiger partial charge is 0.325 e. The van der Waals surface area contributed by atoms with E-state index in [-0.39, 0.29) is 12.3 Å². The van der Waals surface area contributed by atoms with Gasteiger partial charge in [-0.05, 0) is 40.6 Å². The first-order chi connectivity index (χ1) is 12.4. The van der Waals surface area contributed by atoms with Crippen LogP contribution in [-0.2, 0) is 20.6 Å². The molecular weight excluding hydrogens is 416 g/mol. The molecule has 0 aromatic heterocycles. The van der Waals surface area contributed by atoms with Crippen molar-refractivity contribution in [2.24, 2.45) is 0 Å². The van der Waals surface area contributed by atoms with E-state index in [0.717, 1.165) is 15.2 Å². The fourth-order valence-corrected chi connectivity index (χ4v) is 3.85. The van der Waals surface area contributed by atoms with E-state index in [2.05, 4.69) is 26.0 Å². The quantitative estimate of drug-likeness (QED) is 0.623. The van der Waals surface area contributed by atoms with E-state index in [9.17, 15) is 13.2 Å². The van der Waals surface area contributed by atoms with Gasteiger partial charge in [0.1, 0.15) is 0 Å². The minimum absolute atomic E-state index is 0.177. The number of sulfonamides is 1. The first-order valence-electron chi connectivity index (χ1n) is 7.92. The molecule has 0 heterocycles. The zero-order chi connectivity index (χ0) is 18.6. The summed E-state index contributed by atoms with van der Waals surface area (Å²) < 4.78 is 27.4. The van der Waals surface area contributed by atoms with Gasteiger partial charge in [-0.3, -0.25) is 4.79 Å². The van der Waals surface area contributed by atoms with E-state index < -0.39 is 15.9 Å². The molecule has 0 atom stereocenters. The van der Waals surface area contributed by atoms with Crippen molar-refractivity contribution in [3.8, 4) is 0 Å². The van der Waals surface area contributed by atoms with E-state index in [1.165, 1.54) is 0 Å². The first-order valence-corrected chi connectivity index (χ1v) is 10.4. The van der Waals surface area contributed by atoms with Gasteiger partial charge in [-0.1, -0.05) is 58.4 Å². The highest BCUT2D eigenvalue weighted by molar-refractivity contribution is 9.10. The summed E-state index contributed by atoms with van der Waals surface area (Å²) in [6.45, 7) is -0.314. The van der Waals surface area contributed by atoms with Crippen LogP contribution in [0.25, 0.3) is 10.8 Å². The standard InChI is InChI=1S/C19H17BrN2O3S/c20-17-8-5-14(6-9-17)13-26(24,25)21-12-19(23)22-18-10-7-15-3-1-2-4-16(15)11-18/h1-11,21H,12-13H2,(H,22,23). The monoisotopic (exact) mass is 432 g/mol. The molecule has 7 heteroatoms. The lowest BCUT2D eigenvalue weighted by molar-refractivity contribution is -0.115. The number of nitrogens with one attached hydrogen (secondary N) is 2. The average Bonchev–Trinajstić information content (AvgIpc) is 2.62. The van der Waals surface area contributed by atoms with Gasteiger partial charge in [0.15, 0.2) is 0 Å². The minimum Gasteiger partial charge on any atom is -0.325 e. The molecule has 0 aliphatic rings. The Bertz CT molecular complexity index is 1030. The Balaban J connectivity index is 1.57. The van der Waals surface area contributed by atoms with Gasteiger partial charge in [-0.15, -0.1) is 0 Å². The lowest BCUT2D eigenvalue weighted by atomic mass is 10.1. The minimum atomic E-state index is -3.60. The summed E-state index contributed by atoms with van der Waals surface area (Å²) in [6, 6.07) is 20.3. The molecule has 3 aromatic carbocycles. The molecule has 0 saturated carbocycles. The summed E-state index contributed by atoms with van der Waals surface area (Å²) >= 11 is 3.30. The van der Waals surface area contributed by atoms with E-state index in [0.29, 0.717) is 11.3 Å². The van der Waals surface area contributed by atoms with Gasteiger partial charge in [0.05, 0.1) is 12.3 Å². The fraction of sp³-hybridized carbons (Fsp3) is 0.105. The third-order valence-corrected chi connectivity index (χ3v) is 5.58. The van der Waals surface area contributed by atoms with Gasteiger partial charge < -0.3 is 5.32 Å². The lowest BCUT2D eigenvalue weighted by Crippen LogP contribution is -2.33. The van der Waals surface area contributed by atoms with Gasteiger partial charge in [0.25, 0.3) is 0 Å². The molecule has 0 bridgehead atoms.